The normalized spacial score (nSPS) is 14.1. The maximum atomic E-state index is 4.21. The van der Waals surface area contributed by atoms with Gasteiger partial charge in [0.05, 0.1) is 0 Å². The fourth-order valence-corrected chi connectivity index (χ4v) is 2.22. The fourth-order valence-electron chi connectivity index (χ4n) is 2.22. The van der Waals surface area contributed by atoms with Gasteiger partial charge in [0.1, 0.15) is 0 Å². The summed E-state index contributed by atoms with van der Waals surface area (Å²) < 4.78 is 0. The third-order valence-electron chi connectivity index (χ3n) is 3.20. The van der Waals surface area contributed by atoms with Crippen LogP contribution in [0.5, 0.6) is 0 Å². The summed E-state index contributed by atoms with van der Waals surface area (Å²) >= 11 is 0. The zero-order chi connectivity index (χ0) is 12.8. The first-order valence-corrected chi connectivity index (χ1v) is 6.36. The Labute approximate surface area is 108 Å². The number of pyridine rings is 2. The molecule has 2 heterocycles. The minimum Gasteiger partial charge on any atom is -0.310 e. The van der Waals surface area contributed by atoms with Gasteiger partial charge >= 0.3 is 0 Å². The van der Waals surface area contributed by atoms with E-state index in [1.54, 1.807) is 0 Å². The highest BCUT2D eigenvalue weighted by Crippen LogP contribution is 2.29. The van der Waals surface area contributed by atoms with E-state index in [0.29, 0.717) is 5.92 Å². The second-order valence-electron chi connectivity index (χ2n) is 4.39. The molecule has 0 aliphatic carbocycles. The van der Waals surface area contributed by atoms with E-state index in [2.05, 4.69) is 47.3 Å². The molecule has 0 spiro atoms. The largest absolute Gasteiger partial charge is 0.310 e. The Morgan fingerprint density at radius 1 is 1.06 bits per heavy atom. The summed E-state index contributed by atoms with van der Waals surface area (Å²) in [5.41, 5.74) is 2.52. The van der Waals surface area contributed by atoms with Crippen LogP contribution in [0.15, 0.2) is 49.1 Å². The summed E-state index contributed by atoms with van der Waals surface area (Å²) in [6.07, 6.45) is 7.44. The molecule has 0 aliphatic heterocycles. The van der Waals surface area contributed by atoms with Crippen LogP contribution < -0.4 is 5.32 Å². The van der Waals surface area contributed by atoms with Gasteiger partial charge < -0.3 is 5.32 Å². The summed E-state index contributed by atoms with van der Waals surface area (Å²) in [4.78, 5) is 8.28. The highest BCUT2D eigenvalue weighted by Gasteiger charge is 2.19. The van der Waals surface area contributed by atoms with Crippen LogP contribution in [0, 0.1) is 0 Å². The van der Waals surface area contributed by atoms with E-state index >= 15 is 0 Å². The molecule has 3 nitrogen and oxygen atoms in total. The van der Waals surface area contributed by atoms with Crippen LogP contribution in [0.3, 0.4) is 0 Å². The number of likely N-dealkylation sites (N-methyl/N-ethyl adjacent to an activating group) is 1. The topological polar surface area (TPSA) is 37.8 Å². The zero-order valence-corrected chi connectivity index (χ0v) is 10.9. The maximum absolute atomic E-state index is 4.21. The standard InChI is InChI=1S/C15H19N3/c1-3-18-15(14-5-4-8-17-11-14)12(2)13-6-9-16-10-7-13/h4-12,15,18H,3H2,1-2H3. The Morgan fingerprint density at radius 3 is 2.44 bits per heavy atom. The average Bonchev–Trinajstić information content (AvgIpc) is 2.46. The van der Waals surface area contributed by atoms with Crippen molar-refractivity contribution in [3.05, 3.63) is 60.2 Å². The van der Waals surface area contributed by atoms with Gasteiger partial charge in [0.25, 0.3) is 0 Å². The first kappa shape index (κ1) is 12.7. The minimum atomic E-state index is 0.283. The molecule has 18 heavy (non-hydrogen) atoms. The van der Waals surface area contributed by atoms with E-state index in [1.807, 2.05) is 30.9 Å². The SMILES string of the molecule is CCNC(c1cccnc1)C(C)c1ccncc1. The Morgan fingerprint density at radius 2 is 1.83 bits per heavy atom. The van der Waals surface area contributed by atoms with Crippen LogP contribution in [0.25, 0.3) is 0 Å². The maximum Gasteiger partial charge on any atom is 0.0402 e. The fraction of sp³-hybridized carbons (Fsp3) is 0.333. The Balaban J connectivity index is 2.26. The van der Waals surface area contributed by atoms with Crippen LogP contribution in [0.1, 0.15) is 36.9 Å². The summed E-state index contributed by atoms with van der Waals surface area (Å²) in [5.74, 6) is 0.386. The minimum absolute atomic E-state index is 0.283. The predicted octanol–water partition coefficient (Wildman–Crippen LogP) is 2.93. The molecule has 0 amide bonds. The van der Waals surface area contributed by atoms with Crippen molar-refractivity contribution < 1.29 is 0 Å². The first-order valence-electron chi connectivity index (χ1n) is 6.36. The van der Waals surface area contributed by atoms with Crippen molar-refractivity contribution in [2.24, 2.45) is 0 Å². The number of aromatic nitrogens is 2. The van der Waals surface area contributed by atoms with Crippen LogP contribution in [-0.4, -0.2) is 16.5 Å². The number of nitrogens with one attached hydrogen (secondary N) is 1. The highest BCUT2D eigenvalue weighted by molar-refractivity contribution is 5.24. The molecule has 3 heteroatoms. The smallest absolute Gasteiger partial charge is 0.0402 e. The molecule has 0 saturated heterocycles. The third kappa shape index (κ3) is 2.93. The van der Waals surface area contributed by atoms with Gasteiger partial charge in [-0.05, 0) is 35.9 Å². The van der Waals surface area contributed by atoms with Gasteiger partial charge in [-0.3, -0.25) is 9.97 Å². The quantitative estimate of drug-likeness (QED) is 0.874. The van der Waals surface area contributed by atoms with Gasteiger partial charge in [-0.15, -0.1) is 0 Å². The van der Waals surface area contributed by atoms with E-state index in [1.165, 1.54) is 11.1 Å². The van der Waals surface area contributed by atoms with Crippen molar-refractivity contribution in [3.63, 3.8) is 0 Å². The second-order valence-corrected chi connectivity index (χ2v) is 4.39. The molecule has 0 radical (unpaired) electrons. The van der Waals surface area contributed by atoms with E-state index in [9.17, 15) is 0 Å². The molecule has 0 aliphatic rings. The van der Waals surface area contributed by atoms with Crippen LogP contribution in [0.4, 0.5) is 0 Å². The lowest BCUT2D eigenvalue weighted by Crippen LogP contribution is -2.25. The van der Waals surface area contributed by atoms with Crippen LogP contribution in [-0.2, 0) is 0 Å². The van der Waals surface area contributed by atoms with Gasteiger partial charge in [0.15, 0.2) is 0 Å². The van der Waals surface area contributed by atoms with E-state index in [0.717, 1.165) is 6.54 Å². The molecule has 2 rings (SSSR count). The van der Waals surface area contributed by atoms with Crippen molar-refractivity contribution in [2.75, 3.05) is 6.54 Å². The van der Waals surface area contributed by atoms with E-state index in [4.69, 9.17) is 0 Å². The van der Waals surface area contributed by atoms with Gasteiger partial charge in [-0.1, -0.05) is 19.9 Å². The second kappa shape index (κ2) is 6.26. The summed E-state index contributed by atoms with van der Waals surface area (Å²) in [6, 6.07) is 8.54. The van der Waals surface area contributed by atoms with Crippen molar-refractivity contribution in [1.82, 2.24) is 15.3 Å². The molecule has 2 aromatic rings. The molecule has 1 N–H and O–H groups in total. The van der Waals surface area contributed by atoms with Crippen LogP contribution in [0.2, 0.25) is 0 Å². The molecule has 0 bridgehead atoms. The average molecular weight is 241 g/mol. The lowest BCUT2D eigenvalue weighted by molar-refractivity contribution is 0.478. The summed E-state index contributed by atoms with van der Waals surface area (Å²) in [5, 5.41) is 3.54. The van der Waals surface area contributed by atoms with Crippen molar-refractivity contribution in [3.8, 4) is 0 Å². The number of hydrogen-bond donors (Lipinski definition) is 1. The Kier molecular flexibility index (Phi) is 4.42. The van der Waals surface area contributed by atoms with Gasteiger partial charge in [0.2, 0.25) is 0 Å². The number of nitrogens with zero attached hydrogens (tertiary/aromatic N) is 2. The van der Waals surface area contributed by atoms with E-state index in [-0.39, 0.29) is 6.04 Å². The Bertz CT molecular complexity index is 456. The monoisotopic (exact) mass is 241 g/mol. The number of hydrogen-bond acceptors (Lipinski definition) is 3. The molecule has 0 saturated carbocycles. The lowest BCUT2D eigenvalue weighted by atomic mass is 9.90. The summed E-state index contributed by atoms with van der Waals surface area (Å²) in [7, 11) is 0. The van der Waals surface area contributed by atoms with Gasteiger partial charge in [0, 0.05) is 36.7 Å². The zero-order valence-electron chi connectivity index (χ0n) is 10.9. The molecule has 0 fully saturated rings. The Hall–Kier alpha value is -1.74. The molecule has 2 unspecified atom stereocenters. The summed E-state index contributed by atoms with van der Waals surface area (Å²) in [6.45, 7) is 5.30. The van der Waals surface area contributed by atoms with Crippen molar-refractivity contribution in [1.29, 1.82) is 0 Å². The first-order chi connectivity index (χ1) is 8.83. The van der Waals surface area contributed by atoms with Crippen LogP contribution >= 0.6 is 0 Å². The molecular formula is C15H19N3. The third-order valence-corrected chi connectivity index (χ3v) is 3.20. The molecule has 0 aromatic carbocycles. The highest BCUT2D eigenvalue weighted by atomic mass is 14.9. The van der Waals surface area contributed by atoms with E-state index < -0.39 is 0 Å². The van der Waals surface area contributed by atoms with Crippen molar-refractivity contribution in [2.45, 2.75) is 25.8 Å². The number of rotatable bonds is 5. The molecule has 2 atom stereocenters. The lowest BCUT2D eigenvalue weighted by Gasteiger charge is -2.25. The molecular weight excluding hydrogens is 222 g/mol. The van der Waals surface area contributed by atoms with Gasteiger partial charge in [-0.25, -0.2) is 0 Å². The molecule has 94 valence electrons. The van der Waals surface area contributed by atoms with Crippen molar-refractivity contribution >= 4 is 0 Å². The molecule has 2 aromatic heterocycles. The predicted molar refractivity (Wildman–Crippen MR) is 73.3 cm³/mol. The van der Waals surface area contributed by atoms with Gasteiger partial charge in [-0.2, -0.15) is 0 Å².